The van der Waals surface area contributed by atoms with Crippen molar-refractivity contribution in [2.45, 2.75) is 18.3 Å². The van der Waals surface area contributed by atoms with Crippen LogP contribution in [0.25, 0.3) is 5.69 Å². The average molecular weight is 274 g/mol. The van der Waals surface area contributed by atoms with Gasteiger partial charge in [-0.2, -0.15) is 36.0 Å². The van der Waals surface area contributed by atoms with Crippen molar-refractivity contribution in [3.05, 3.63) is 35.9 Å². The van der Waals surface area contributed by atoms with Crippen molar-refractivity contribution in [1.29, 1.82) is 0 Å². The molecule has 2 heterocycles. The molecule has 1 unspecified atom stereocenters. The molecule has 0 N–H and O–H groups in total. The summed E-state index contributed by atoms with van der Waals surface area (Å²) in [6, 6.07) is 2.58. The molecule has 2 aromatic rings. The van der Waals surface area contributed by atoms with Gasteiger partial charge in [-0.05, 0) is 19.1 Å². The van der Waals surface area contributed by atoms with Crippen molar-refractivity contribution in [2.24, 2.45) is 0 Å². The van der Waals surface area contributed by atoms with Gasteiger partial charge in [-0.1, -0.05) is 0 Å². The summed E-state index contributed by atoms with van der Waals surface area (Å²) in [5, 5.41) is 10.4. The van der Waals surface area contributed by atoms with E-state index in [9.17, 15) is 13.2 Å². The Morgan fingerprint density at radius 2 is 2.11 bits per heavy atom. The molecule has 0 saturated carbocycles. The second-order valence-electron chi connectivity index (χ2n) is 3.66. The van der Waals surface area contributed by atoms with Gasteiger partial charge in [0.25, 0.3) is 0 Å². The first kappa shape index (κ1) is 12.9. The van der Waals surface area contributed by atoms with E-state index in [1.165, 1.54) is 10.9 Å². The van der Waals surface area contributed by atoms with E-state index in [4.69, 9.17) is 0 Å². The molecule has 2 aromatic heterocycles. The summed E-state index contributed by atoms with van der Waals surface area (Å²) >= 11 is 4.20. The van der Waals surface area contributed by atoms with Crippen LogP contribution in [-0.4, -0.2) is 20.0 Å². The fourth-order valence-electron chi connectivity index (χ4n) is 1.32. The second kappa shape index (κ2) is 4.60. The van der Waals surface area contributed by atoms with Crippen LogP contribution in [0.4, 0.5) is 13.2 Å². The lowest BCUT2D eigenvalue weighted by molar-refractivity contribution is -0.141. The van der Waals surface area contributed by atoms with Gasteiger partial charge in [-0.3, -0.25) is 0 Å². The standard InChI is InChI=1S/C10H9F3N4S/c1-6(18)8-2-3-17(16-8)7-4-9(10(11,12)13)15-14-5-7/h2-6,18H,1H3. The molecule has 0 aliphatic heterocycles. The van der Waals surface area contributed by atoms with Crippen LogP contribution >= 0.6 is 12.6 Å². The van der Waals surface area contributed by atoms with Crippen LogP contribution in [0.3, 0.4) is 0 Å². The van der Waals surface area contributed by atoms with Gasteiger partial charge in [0.05, 0.1) is 17.6 Å². The van der Waals surface area contributed by atoms with E-state index in [1.807, 2.05) is 6.92 Å². The third kappa shape index (κ3) is 2.63. The molecule has 0 radical (unpaired) electrons. The number of hydrogen-bond donors (Lipinski definition) is 1. The highest BCUT2D eigenvalue weighted by molar-refractivity contribution is 7.80. The molecule has 1 atom stereocenters. The summed E-state index contributed by atoms with van der Waals surface area (Å²) in [4.78, 5) is 0. The Morgan fingerprint density at radius 3 is 2.67 bits per heavy atom. The van der Waals surface area contributed by atoms with E-state index in [1.54, 1.807) is 12.3 Å². The zero-order chi connectivity index (χ0) is 13.3. The Kier molecular flexibility index (Phi) is 3.29. The summed E-state index contributed by atoms with van der Waals surface area (Å²) in [5.41, 5.74) is -0.169. The molecule has 0 fully saturated rings. The van der Waals surface area contributed by atoms with E-state index in [-0.39, 0.29) is 10.9 Å². The van der Waals surface area contributed by atoms with E-state index in [2.05, 4.69) is 27.9 Å². The lowest BCUT2D eigenvalue weighted by Crippen LogP contribution is -2.10. The van der Waals surface area contributed by atoms with Crippen molar-refractivity contribution >= 4 is 12.6 Å². The molecular weight excluding hydrogens is 265 g/mol. The Balaban J connectivity index is 2.38. The van der Waals surface area contributed by atoms with E-state index >= 15 is 0 Å². The largest absolute Gasteiger partial charge is 0.435 e. The van der Waals surface area contributed by atoms with Crippen molar-refractivity contribution in [1.82, 2.24) is 20.0 Å². The maximum atomic E-state index is 12.5. The topological polar surface area (TPSA) is 43.6 Å². The van der Waals surface area contributed by atoms with Crippen LogP contribution in [0, 0.1) is 0 Å². The van der Waals surface area contributed by atoms with E-state index in [0.29, 0.717) is 5.69 Å². The number of halogens is 3. The Bertz CT molecular complexity index is 550. The van der Waals surface area contributed by atoms with Gasteiger partial charge < -0.3 is 0 Å². The molecular formula is C10H9F3N4S. The predicted molar refractivity (Wildman–Crippen MR) is 61.6 cm³/mol. The fraction of sp³-hybridized carbons (Fsp3) is 0.300. The molecule has 2 rings (SSSR count). The quantitative estimate of drug-likeness (QED) is 0.856. The van der Waals surface area contributed by atoms with Crippen molar-refractivity contribution in [3.8, 4) is 5.69 Å². The number of aromatic nitrogens is 4. The Hall–Kier alpha value is -1.57. The fourth-order valence-corrected chi connectivity index (χ4v) is 1.46. The number of hydrogen-bond acceptors (Lipinski definition) is 4. The van der Waals surface area contributed by atoms with Gasteiger partial charge in [-0.15, -0.1) is 5.10 Å². The van der Waals surface area contributed by atoms with Gasteiger partial charge in [-0.25, -0.2) is 4.68 Å². The third-order valence-corrected chi connectivity index (χ3v) is 2.50. The molecule has 0 spiro atoms. The molecule has 0 bridgehead atoms. The first-order valence-corrected chi connectivity index (χ1v) is 5.53. The molecule has 0 amide bonds. The van der Waals surface area contributed by atoms with Gasteiger partial charge in [0.15, 0.2) is 5.69 Å². The summed E-state index contributed by atoms with van der Waals surface area (Å²) in [5.74, 6) is 0. The van der Waals surface area contributed by atoms with Crippen LogP contribution in [0.15, 0.2) is 24.5 Å². The van der Waals surface area contributed by atoms with Crippen molar-refractivity contribution < 1.29 is 13.2 Å². The van der Waals surface area contributed by atoms with Gasteiger partial charge >= 0.3 is 6.18 Å². The molecule has 0 aliphatic carbocycles. The van der Waals surface area contributed by atoms with Gasteiger partial charge in [0, 0.05) is 11.4 Å². The monoisotopic (exact) mass is 274 g/mol. The van der Waals surface area contributed by atoms with Crippen LogP contribution in [0.5, 0.6) is 0 Å². The highest BCUT2D eigenvalue weighted by atomic mass is 32.1. The third-order valence-electron chi connectivity index (χ3n) is 2.23. The van der Waals surface area contributed by atoms with Crippen LogP contribution in [0.2, 0.25) is 0 Å². The van der Waals surface area contributed by atoms with Crippen molar-refractivity contribution in [3.63, 3.8) is 0 Å². The number of nitrogens with zero attached hydrogens (tertiary/aromatic N) is 4. The molecule has 96 valence electrons. The minimum atomic E-state index is -4.52. The summed E-state index contributed by atoms with van der Waals surface area (Å²) < 4.78 is 38.7. The van der Waals surface area contributed by atoms with Crippen molar-refractivity contribution in [2.75, 3.05) is 0 Å². The Labute approximate surface area is 106 Å². The lowest BCUT2D eigenvalue weighted by Gasteiger charge is -2.06. The summed E-state index contributed by atoms with van der Waals surface area (Å²) in [6.45, 7) is 1.82. The minimum absolute atomic E-state index is 0.0943. The highest BCUT2D eigenvalue weighted by Crippen LogP contribution is 2.28. The highest BCUT2D eigenvalue weighted by Gasteiger charge is 2.33. The SMILES string of the molecule is CC(S)c1ccn(-c2cnnc(C(F)(F)F)c2)n1. The average Bonchev–Trinajstić information content (AvgIpc) is 2.77. The zero-order valence-electron chi connectivity index (χ0n) is 9.26. The smallest absolute Gasteiger partial charge is 0.239 e. The first-order chi connectivity index (χ1) is 8.38. The predicted octanol–water partition coefficient (Wildman–Crippen LogP) is 2.67. The molecule has 4 nitrogen and oxygen atoms in total. The van der Waals surface area contributed by atoms with Crippen LogP contribution in [-0.2, 0) is 6.18 Å². The summed E-state index contributed by atoms with van der Waals surface area (Å²) in [7, 11) is 0. The van der Waals surface area contributed by atoms with Crippen LogP contribution < -0.4 is 0 Å². The lowest BCUT2D eigenvalue weighted by atomic mass is 10.3. The molecule has 18 heavy (non-hydrogen) atoms. The van der Waals surface area contributed by atoms with Gasteiger partial charge in [0.1, 0.15) is 0 Å². The van der Waals surface area contributed by atoms with E-state index in [0.717, 1.165) is 6.07 Å². The van der Waals surface area contributed by atoms with Crippen LogP contribution in [0.1, 0.15) is 23.6 Å². The maximum Gasteiger partial charge on any atom is 0.435 e. The zero-order valence-corrected chi connectivity index (χ0v) is 10.2. The Morgan fingerprint density at radius 1 is 1.39 bits per heavy atom. The maximum absolute atomic E-state index is 12.5. The molecule has 0 aromatic carbocycles. The molecule has 8 heteroatoms. The first-order valence-electron chi connectivity index (χ1n) is 5.02. The minimum Gasteiger partial charge on any atom is -0.239 e. The van der Waals surface area contributed by atoms with E-state index < -0.39 is 11.9 Å². The molecule has 0 aliphatic rings. The number of rotatable bonds is 2. The summed E-state index contributed by atoms with van der Waals surface area (Å²) in [6.07, 6.45) is -1.75. The second-order valence-corrected chi connectivity index (χ2v) is 4.43. The van der Waals surface area contributed by atoms with Gasteiger partial charge in [0.2, 0.25) is 0 Å². The number of thiol groups is 1. The number of alkyl halides is 3. The normalized spacial score (nSPS) is 13.6. The molecule has 0 saturated heterocycles.